The number of anilines is 1. The number of rotatable bonds is 8. The summed E-state index contributed by atoms with van der Waals surface area (Å²) < 4.78 is 11.8. The van der Waals surface area contributed by atoms with Crippen LogP contribution in [0.1, 0.15) is 33.3 Å². The molecule has 1 aliphatic heterocycles. The number of aliphatic hydroxyl groups excluding tert-OH is 1. The Morgan fingerprint density at radius 3 is 2.64 bits per heavy atom. The van der Waals surface area contributed by atoms with Crippen LogP contribution in [0.5, 0.6) is 5.75 Å². The molecule has 8 nitrogen and oxygen atoms in total. The van der Waals surface area contributed by atoms with Crippen molar-refractivity contribution < 1.29 is 23.8 Å². The summed E-state index contributed by atoms with van der Waals surface area (Å²) in [6.45, 7) is 1.93. The van der Waals surface area contributed by atoms with E-state index < -0.39 is 23.5 Å². The lowest BCUT2D eigenvalue weighted by Gasteiger charge is -2.23. The number of Topliss-reactive ketones (excluding diaryl/α,β-unsaturated/α-hetero) is 1. The van der Waals surface area contributed by atoms with Gasteiger partial charge in [0.2, 0.25) is 10.9 Å². The van der Waals surface area contributed by atoms with E-state index in [-0.39, 0.29) is 16.5 Å². The molecule has 6 rings (SSSR count). The van der Waals surface area contributed by atoms with Gasteiger partial charge in [0.05, 0.1) is 18.7 Å². The van der Waals surface area contributed by atoms with E-state index >= 15 is 0 Å². The van der Waals surface area contributed by atoms with Gasteiger partial charge >= 0.3 is 0 Å². The maximum absolute atomic E-state index is 13.9. The molecule has 1 N–H and O–H groups in total. The molecule has 212 valence electrons. The molecule has 5 aromatic rings. The normalized spacial score (nSPS) is 15.2. The highest BCUT2D eigenvalue weighted by Crippen LogP contribution is 2.44. The van der Waals surface area contributed by atoms with E-state index in [2.05, 4.69) is 10.2 Å². The zero-order valence-corrected chi connectivity index (χ0v) is 25.3. The van der Waals surface area contributed by atoms with Gasteiger partial charge < -0.3 is 14.3 Å². The van der Waals surface area contributed by atoms with E-state index in [1.807, 2.05) is 37.3 Å². The quantitative estimate of drug-likeness (QED) is 0.104. The number of carbonyl (C=O) groups excluding carboxylic acids is 2. The van der Waals surface area contributed by atoms with Gasteiger partial charge in [0.25, 0.3) is 5.91 Å². The predicted molar refractivity (Wildman–Crippen MR) is 164 cm³/mol. The lowest BCUT2D eigenvalue weighted by molar-refractivity contribution is -0.117. The van der Waals surface area contributed by atoms with Crippen molar-refractivity contribution in [2.45, 2.75) is 23.1 Å². The maximum Gasteiger partial charge on any atom is 0.296 e. The number of aryl methyl sites for hydroxylation is 1. The number of aliphatic hydroxyl groups is 1. The number of amides is 1. The number of ketones is 1. The molecule has 3 heterocycles. The summed E-state index contributed by atoms with van der Waals surface area (Å²) in [6, 6.07) is 18.5. The van der Waals surface area contributed by atoms with Crippen LogP contribution in [-0.2, 0) is 10.5 Å². The van der Waals surface area contributed by atoms with Crippen molar-refractivity contribution >= 4 is 74.1 Å². The third-order valence-electron chi connectivity index (χ3n) is 6.77. The predicted octanol–water partition coefficient (Wildman–Crippen LogP) is 7.98. The number of halogens is 2. The highest BCUT2D eigenvalue weighted by molar-refractivity contribution is 8.00. The van der Waals surface area contributed by atoms with Crippen LogP contribution in [0.25, 0.3) is 11.0 Å². The fourth-order valence-corrected chi connectivity index (χ4v) is 7.10. The second-order valence-electron chi connectivity index (χ2n) is 9.44. The van der Waals surface area contributed by atoms with Crippen molar-refractivity contribution in [3.63, 3.8) is 0 Å². The number of hydrogen-bond acceptors (Lipinski definition) is 9. The number of methoxy groups -OCH3 is 1. The molecule has 0 bridgehead atoms. The van der Waals surface area contributed by atoms with Crippen molar-refractivity contribution in [2.24, 2.45) is 0 Å². The SMILES string of the molecule is COc1cccc2cc(C(=O)C3=C(O)C(=O)N(c4nnc(SCc5ccc(Cl)cc5Cl)s4)C3c3ccc(C)cc3)oc12. The third-order valence-corrected chi connectivity index (χ3v) is 9.46. The monoisotopic (exact) mass is 637 g/mol. The summed E-state index contributed by atoms with van der Waals surface area (Å²) in [6.07, 6.45) is 0. The van der Waals surface area contributed by atoms with Crippen LogP contribution < -0.4 is 9.64 Å². The summed E-state index contributed by atoms with van der Waals surface area (Å²) in [5.74, 6) is -1.12. The topological polar surface area (TPSA) is 106 Å². The van der Waals surface area contributed by atoms with Crippen LogP contribution in [0.3, 0.4) is 0 Å². The Morgan fingerprint density at radius 2 is 1.90 bits per heavy atom. The van der Waals surface area contributed by atoms with Gasteiger partial charge in [-0.2, -0.15) is 0 Å². The van der Waals surface area contributed by atoms with Gasteiger partial charge in [0.15, 0.2) is 27.2 Å². The number of nitrogens with zero attached hydrogens (tertiary/aromatic N) is 3. The highest BCUT2D eigenvalue weighted by Gasteiger charge is 2.46. The summed E-state index contributed by atoms with van der Waals surface area (Å²) in [5.41, 5.74) is 2.76. The van der Waals surface area contributed by atoms with Crippen molar-refractivity contribution in [2.75, 3.05) is 12.0 Å². The molecular weight excluding hydrogens is 617 g/mol. The highest BCUT2D eigenvalue weighted by atomic mass is 35.5. The van der Waals surface area contributed by atoms with Gasteiger partial charge in [0.1, 0.15) is 0 Å². The van der Waals surface area contributed by atoms with Crippen LogP contribution in [0.15, 0.2) is 86.8 Å². The van der Waals surface area contributed by atoms with Gasteiger partial charge in [-0.25, -0.2) is 0 Å². The molecule has 0 aliphatic carbocycles. The first-order valence-electron chi connectivity index (χ1n) is 12.6. The Hall–Kier alpha value is -3.83. The molecule has 1 atom stereocenters. The Labute approximate surface area is 258 Å². The molecule has 0 radical (unpaired) electrons. The Bertz CT molecular complexity index is 1880. The fourth-order valence-electron chi connectivity index (χ4n) is 4.68. The number of furan rings is 1. The first-order valence-corrected chi connectivity index (χ1v) is 15.2. The molecule has 1 unspecified atom stereocenters. The molecular formula is C30H21Cl2N3O5S2. The molecule has 3 aromatic carbocycles. The Morgan fingerprint density at radius 1 is 1.12 bits per heavy atom. The van der Waals surface area contributed by atoms with E-state index in [4.69, 9.17) is 32.4 Å². The number of carbonyl (C=O) groups is 2. The van der Waals surface area contributed by atoms with Gasteiger partial charge in [-0.1, -0.05) is 94.3 Å². The van der Waals surface area contributed by atoms with Crippen molar-refractivity contribution in [1.82, 2.24) is 10.2 Å². The first kappa shape index (κ1) is 28.3. The number of ether oxygens (including phenoxy) is 1. The number of thioether (sulfide) groups is 1. The lowest BCUT2D eigenvalue weighted by Crippen LogP contribution is -2.31. The Balaban J connectivity index is 1.36. The summed E-state index contributed by atoms with van der Waals surface area (Å²) in [4.78, 5) is 28.8. The minimum atomic E-state index is -0.961. The van der Waals surface area contributed by atoms with E-state index in [0.29, 0.717) is 42.4 Å². The van der Waals surface area contributed by atoms with Gasteiger partial charge in [-0.15, -0.1) is 10.2 Å². The van der Waals surface area contributed by atoms with Crippen molar-refractivity contribution in [3.05, 3.63) is 111 Å². The minimum Gasteiger partial charge on any atom is -0.503 e. The number of fused-ring (bicyclic) bond motifs is 1. The zero-order valence-electron chi connectivity index (χ0n) is 22.1. The second-order valence-corrected chi connectivity index (χ2v) is 12.5. The molecule has 0 spiro atoms. The number of para-hydroxylation sites is 1. The van der Waals surface area contributed by atoms with Crippen LogP contribution in [-0.4, -0.2) is 34.1 Å². The summed E-state index contributed by atoms with van der Waals surface area (Å²) in [5, 5.41) is 21.6. The van der Waals surface area contributed by atoms with Crippen LogP contribution in [0.4, 0.5) is 5.13 Å². The third kappa shape index (κ3) is 5.15. The molecule has 0 saturated heterocycles. The minimum absolute atomic E-state index is 0.0313. The smallest absolute Gasteiger partial charge is 0.296 e. The lowest BCUT2D eigenvalue weighted by atomic mass is 9.94. The van der Waals surface area contributed by atoms with Crippen molar-refractivity contribution in [1.29, 1.82) is 0 Å². The van der Waals surface area contributed by atoms with Crippen LogP contribution >= 0.6 is 46.3 Å². The van der Waals surface area contributed by atoms with E-state index in [1.165, 1.54) is 35.1 Å². The molecule has 2 aromatic heterocycles. The standard InChI is InChI=1S/C30H21Cl2N3O5S2/c1-15-6-8-16(9-7-15)24-23(25(36)22-12-17-4-3-5-21(39-2)27(17)40-22)26(37)28(38)35(24)29-33-34-30(42-29)41-14-18-10-11-19(31)13-20(18)32/h3-13,24,37H,14H2,1-2H3. The molecule has 1 amide bonds. The van der Waals surface area contributed by atoms with E-state index in [1.54, 1.807) is 36.4 Å². The number of benzene rings is 3. The van der Waals surface area contributed by atoms with E-state index in [0.717, 1.165) is 11.1 Å². The first-order chi connectivity index (χ1) is 20.2. The fraction of sp³-hybridized carbons (Fsp3) is 0.133. The average molecular weight is 639 g/mol. The van der Waals surface area contributed by atoms with E-state index in [9.17, 15) is 14.7 Å². The summed E-state index contributed by atoms with van der Waals surface area (Å²) in [7, 11) is 1.51. The molecule has 0 saturated carbocycles. The number of aromatic nitrogens is 2. The van der Waals surface area contributed by atoms with Crippen molar-refractivity contribution in [3.8, 4) is 5.75 Å². The largest absolute Gasteiger partial charge is 0.503 e. The average Bonchev–Trinajstić information content (AvgIpc) is 3.69. The molecule has 42 heavy (non-hydrogen) atoms. The number of hydrogen-bond donors (Lipinski definition) is 1. The van der Waals surface area contributed by atoms with Gasteiger partial charge in [-0.05, 0) is 42.3 Å². The molecule has 1 aliphatic rings. The van der Waals surface area contributed by atoms with Gasteiger partial charge in [0, 0.05) is 21.2 Å². The zero-order chi connectivity index (χ0) is 29.5. The Kier molecular flexibility index (Phi) is 7.71. The molecule has 0 fully saturated rings. The maximum atomic E-state index is 13.9. The summed E-state index contributed by atoms with van der Waals surface area (Å²) >= 11 is 14.9. The van der Waals surface area contributed by atoms with Gasteiger partial charge in [-0.3, -0.25) is 14.5 Å². The van der Waals surface area contributed by atoms with Crippen LogP contribution in [0, 0.1) is 6.92 Å². The molecule has 12 heteroatoms. The van der Waals surface area contributed by atoms with Crippen LogP contribution in [0.2, 0.25) is 10.0 Å². The second kappa shape index (κ2) is 11.4.